The lowest BCUT2D eigenvalue weighted by Gasteiger charge is -2.56. The summed E-state index contributed by atoms with van der Waals surface area (Å²) >= 11 is 11.8. The Labute approximate surface area is 202 Å². The fourth-order valence-corrected chi connectivity index (χ4v) is 5.15. The average Bonchev–Trinajstić information content (AvgIpc) is 2.80. The van der Waals surface area contributed by atoms with Gasteiger partial charge in [-0.05, 0) is 73.7 Å². The van der Waals surface area contributed by atoms with Crippen molar-refractivity contribution in [2.75, 3.05) is 17.3 Å². The minimum Gasteiger partial charge on any atom is -0.497 e. The highest BCUT2D eigenvalue weighted by Gasteiger charge is 2.59. The number of ether oxygens (including phenoxy) is 2. The first-order chi connectivity index (χ1) is 15.9. The Morgan fingerprint density at radius 1 is 1.15 bits per heavy atom. The molecule has 2 aliphatic rings. The second kappa shape index (κ2) is 8.24. The Kier molecular flexibility index (Phi) is 5.38. The van der Waals surface area contributed by atoms with Gasteiger partial charge in [-0.3, -0.25) is 9.69 Å². The molecule has 0 unspecified atom stereocenters. The van der Waals surface area contributed by atoms with Crippen LogP contribution in [-0.2, 0) is 4.79 Å². The van der Waals surface area contributed by atoms with Crippen molar-refractivity contribution >= 4 is 46.2 Å². The summed E-state index contributed by atoms with van der Waals surface area (Å²) in [6, 6.07) is 21.9. The van der Waals surface area contributed by atoms with E-state index < -0.39 is 17.7 Å². The molecule has 5 rings (SSSR count). The van der Waals surface area contributed by atoms with Crippen molar-refractivity contribution in [1.82, 2.24) is 5.32 Å². The first-order valence-corrected chi connectivity index (χ1v) is 11.3. The van der Waals surface area contributed by atoms with Crippen LogP contribution < -0.4 is 25.0 Å². The first kappa shape index (κ1) is 21.6. The van der Waals surface area contributed by atoms with E-state index in [2.05, 4.69) is 10.6 Å². The van der Waals surface area contributed by atoms with E-state index in [1.54, 1.807) is 31.4 Å². The predicted molar refractivity (Wildman–Crippen MR) is 133 cm³/mol. The third-order valence-electron chi connectivity index (χ3n) is 6.11. The molecule has 1 saturated heterocycles. The first-order valence-electron chi connectivity index (χ1n) is 10.5. The summed E-state index contributed by atoms with van der Waals surface area (Å²) in [7, 11) is 1.61. The van der Waals surface area contributed by atoms with E-state index in [4.69, 9.17) is 33.3 Å². The van der Waals surface area contributed by atoms with Gasteiger partial charge in [-0.25, -0.2) is 0 Å². The summed E-state index contributed by atoms with van der Waals surface area (Å²) in [6.45, 7) is 1.90. The van der Waals surface area contributed by atoms with Gasteiger partial charge in [-0.2, -0.15) is 0 Å². The van der Waals surface area contributed by atoms with Crippen molar-refractivity contribution in [2.45, 2.75) is 18.7 Å². The van der Waals surface area contributed by atoms with Crippen LogP contribution in [-0.4, -0.2) is 23.9 Å². The third-order valence-corrected chi connectivity index (χ3v) is 6.67. The quantitative estimate of drug-likeness (QED) is 0.505. The Morgan fingerprint density at radius 3 is 2.58 bits per heavy atom. The van der Waals surface area contributed by atoms with Crippen LogP contribution in [0.5, 0.6) is 11.5 Å². The number of benzene rings is 3. The summed E-state index contributed by atoms with van der Waals surface area (Å²) in [4.78, 5) is 15.6. The maximum Gasteiger partial charge on any atom is 0.236 e. The number of anilines is 2. The fourth-order valence-electron chi connectivity index (χ4n) is 4.61. The van der Waals surface area contributed by atoms with Crippen LogP contribution in [0.25, 0.3) is 0 Å². The van der Waals surface area contributed by atoms with Crippen LogP contribution in [0.4, 0.5) is 11.4 Å². The summed E-state index contributed by atoms with van der Waals surface area (Å²) in [5.74, 6) is 0.514. The molecule has 3 aromatic carbocycles. The van der Waals surface area contributed by atoms with Gasteiger partial charge in [0.2, 0.25) is 5.91 Å². The van der Waals surface area contributed by atoms with Crippen molar-refractivity contribution in [2.24, 2.45) is 5.92 Å². The lowest BCUT2D eigenvalue weighted by atomic mass is 9.78. The zero-order valence-corrected chi connectivity index (χ0v) is 19.6. The van der Waals surface area contributed by atoms with Crippen molar-refractivity contribution in [1.29, 1.82) is 0 Å². The Balaban J connectivity index is 1.62. The number of nitrogens with zero attached hydrogens (tertiary/aromatic N) is 1. The number of halogens is 1. The number of para-hydroxylation sites is 1. The molecule has 0 spiro atoms. The summed E-state index contributed by atoms with van der Waals surface area (Å²) in [6.07, 6.45) is 0. The molecule has 8 heteroatoms. The molecule has 3 atom stereocenters. The zero-order chi connectivity index (χ0) is 23.2. The Hall–Kier alpha value is -3.29. The van der Waals surface area contributed by atoms with Gasteiger partial charge in [0.15, 0.2) is 10.8 Å². The number of nitrogens with one attached hydrogen (secondary N) is 2. The van der Waals surface area contributed by atoms with E-state index in [0.717, 1.165) is 11.3 Å². The summed E-state index contributed by atoms with van der Waals surface area (Å²) in [5, 5.41) is 7.50. The molecule has 2 aliphatic heterocycles. The van der Waals surface area contributed by atoms with Gasteiger partial charge >= 0.3 is 0 Å². The maximum atomic E-state index is 13.8. The molecule has 6 nitrogen and oxygen atoms in total. The second-order valence-corrected chi connectivity index (χ2v) is 8.96. The molecule has 168 valence electrons. The van der Waals surface area contributed by atoms with Gasteiger partial charge in [0.05, 0.1) is 13.2 Å². The van der Waals surface area contributed by atoms with Crippen molar-refractivity contribution in [3.63, 3.8) is 0 Å². The van der Waals surface area contributed by atoms with Gasteiger partial charge < -0.3 is 20.1 Å². The fraction of sp³-hybridized carbons (Fsp3) is 0.200. The van der Waals surface area contributed by atoms with Gasteiger partial charge in [0.25, 0.3) is 0 Å². The molecular weight excluding hydrogens is 458 g/mol. The normalized spacial score (nSPS) is 23.1. The molecule has 2 heterocycles. The number of rotatable bonds is 4. The standard InChI is InChI=1S/C25H22ClN3O3S/c1-25-21(23(30)27-16-10-8-15(26)9-11-16)22(19-14-18(31-2)12-13-20(19)32-25)28-24(33)29(25)17-6-4-3-5-7-17/h3-14,21-22H,1-2H3,(H,27,30)(H,28,33)/t21-,22-,25+/m1/s1. The lowest BCUT2D eigenvalue weighted by Crippen LogP contribution is -2.72. The van der Waals surface area contributed by atoms with Crippen LogP contribution in [0.3, 0.4) is 0 Å². The van der Waals surface area contributed by atoms with Crippen LogP contribution >= 0.6 is 23.8 Å². The number of carbonyl (C=O) groups excluding carboxylic acids is 1. The van der Waals surface area contributed by atoms with E-state index in [1.165, 1.54) is 0 Å². The highest BCUT2D eigenvalue weighted by molar-refractivity contribution is 7.80. The smallest absolute Gasteiger partial charge is 0.236 e. The lowest BCUT2D eigenvalue weighted by molar-refractivity contribution is -0.130. The van der Waals surface area contributed by atoms with Gasteiger partial charge in [-0.1, -0.05) is 29.8 Å². The maximum absolute atomic E-state index is 13.8. The number of hydrogen-bond donors (Lipinski definition) is 2. The number of fused-ring (bicyclic) bond motifs is 4. The number of amides is 1. The molecule has 2 N–H and O–H groups in total. The minimum atomic E-state index is -1.08. The average molecular weight is 480 g/mol. The highest BCUT2D eigenvalue weighted by atomic mass is 35.5. The van der Waals surface area contributed by atoms with E-state index in [0.29, 0.717) is 27.3 Å². The molecule has 0 aliphatic carbocycles. The number of methoxy groups -OCH3 is 1. The molecule has 3 aromatic rings. The van der Waals surface area contributed by atoms with E-state index in [1.807, 2.05) is 60.4 Å². The van der Waals surface area contributed by atoms with Gasteiger partial charge in [0.1, 0.15) is 17.4 Å². The molecule has 1 amide bonds. The van der Waals surface area contributed by atoms with Gasteiger partial charge in [-0.15, -0.1) is 0 Å². The predicted octanol–water partition coefficient (Wildman–Crippen LogP) is 5.15. The van der Waals surface area contributed by atoms with Crippen LogP contribution in [0.15, 0.2) is 72.8 Å². The molecule has 1 fully saturated rings. The van der Waals surface area contributed by atoms with Crippen molar-refractivity contribution in [3.8, 4) is 11.5 Å². The second-order valence-electron chi connectivity index (χ2n) is 8.13. The van der Waals surface area contributed by atoms with Crippen LogP contribution in [0, 0.1) is 5.92 Å². The van der Waals surface area contributed by atoms with Crippen LogP contribution in [0.1, 0.15) is 18.5 Å². The molecule has 0 aromatic heterocycles. The van der Waals surface area contributed by atoms with Crippen molar-refractivity contribution in [3.05, 3.63) is 83.4 Å². The topological polar surface area (TPSA) is 62.8 Å². The number of carbonyl (C=O) groups is 1. The molecule has 2 bridgehead atoms. The van der Waals surface area contributed by atoms with Crippen LogP contribution in [0.2, 0.25) is 5.02 Å². The van der Waals surface area contributed by atoms with Crippen molar-refractivity contribution < 1.29 is 14.3 Å². The Morgan fingerprint density at radius 2 is 1.88 bits per heavy atom. The Bertz CT molecular complexity index is 1220. The molecule has 33 heavy (non-hydrogen) atoms. The van der Waals surface area contributed by atoms with Gasteiger partial charge in [0, 0.05) is 22.0 Å². The summed E-state index contributed by atoms with van der Waals surface area (Å²) < 4.78 is 12.0. The number of thiocarbonyl (C=S) groups is 1. The molecule has 0 radical (unpaired) electrons. The monoisotopic (exact) mass is 479 g/mol. The largest absolute Gasteiger partial charge is 0.497 e. The molecular formula is C25H22ClN3O3S. The van der Waals surface area contributed by atoms with E-state index in [9.17, 15) is 4.79 Å². The molecule has 0 saturated carbocycles. The highest BCUT2D eigenvalue weighted by Crippen LogP contribution is 2.50. The number of hydrogen-bond acceptors (Lipinski definition) is 4. The summed E-state index contributed by atoms with van der Waals surface area (Å²) in [5.41, 5.74) is 1.22. The third kappa shape index (κ3) is 3.67. The van der Waals surface area contributed by atoms with E-state index >= 15 is 0 Å². The minimum absolute atomic E-state index is 0.200. The zero-order valence-electron chi connectivity index (χ0n) is 18.0. The van der Waals surface area contributed by atoms with E-state index in [-0.39, 0.29) is 5.91 Å². The SMILES string of the molecule is COc1ccc2c(c1)[C@H]1NC(=S)N(c3ccccc3)[C@@](C)(O2)[C@H]1C(=O)Nc1ccc(Cl)cc1.